The molecular weight excluding hydrogens is 350 g/mol. The van der Waals surface area contributed by atoms with Gasteiger partial charge in [0.25, 0.3) is 0 Å². The molecule has 1 aliphatic carbocycles. The predicted octanol–water partition coefficient (Wildman–Crippen LogP) is 4.25. The molecule has 2 aliphatic rings. The van der Waals surface area contributed by atoms with Crippen LogP contribution in [0.2, 0.25) is 0 Å². The van der Waals surface area contributed by atoms with Crippen LogP contribution >= 0.6 is 0 Å². The predicted molar refractivity (Wildman–Crippen MR) is 111 cm³/mol. The van der Waals surface area contributed by atoms with E-state index in [-0.39, 0.29) is 11.9 Å². The summed E-state index contributed by atoms with van der Waals surface area (Å²) >= 11 is 0. The fraction of sp³-hybridized carbons (Fsp3) is 0.391. The maximum absolute atomic E-state index is 12.9. The summed E-state index contributed by atoms with van der Waals surface area (Å²) < 4.78 is 5.40. The highest BCUT2D eigenvalue weighted by Crippen LogP contribution is 2.46. The SMILES string of the molecule is CCOC(=O)C1=C(C)Nc2nc3c(c(N)c2[C@@H]1c1ccc(C)cc1)CCCC3. The first-order valence-electron chi connectivity index (χ1n) is 10.0. The second-order valence-electron chi connectivity index (χ2n) is 7.65. The normalized spacial score (nSPS) is 18.2. The van der Waals surface area contributed by atoms with Crippen LogP contribution in [0.4, 0.5) is 11.5 Å². The number of hydrogen-bond donors (Lipinski definition) is 2. The number of fused-ring (bicyclic) bond motifs is 2. The number of ether oxygens (including phenoxy) is 1. The van der Waals surface area contributed by atoms with Crippen LogP contribution in [-0.2, 0) is 22.4 Å². The molecule has 0 radical (unpaired) electrons. The number of carbonyl (C=O) groups excluding carboxylic acids is 1. The van der Waals surface area contributed by atoms with Crippen LogP contribution in [0.15, 0.2) is 35.5 Å². The van der Waals surface area contributed by atoms with Gasteiger partial charge in [0.05, 0.1) is 12.2 Å². The molecule has 0 unspecified atom stereocenters. The van der Waals surface area contributed by atoms with E-state index in [9.17, 15) is 4.79 Å². The average Bonchev–Trinajstić information content (AvgIpc) is 2.68. The van der Waals surface area contributed by atoms with Crippen LogP contribution in [0.5, 0.6) is 0 Å². The molecule has 1 atom stereocenters. The summed E-state index contributed by atoms with van der Waals surface area (Å²) in [7, 11) is 0. The van der Waals surface area contributed by atoms with Gasteiger partial charge >= 0.3 is 5.97 Å². The minimum absolute atomic E-state index is 0.282. The van der Waals surface area contributed by atoms with Gasteiger partial charge in [-0.05, 0) is 57.6 Å². The quantitative estimate of drug-likeness (QED) is 0.782. The highest BCUT2D eigenvalue weighted by molar-refractivity contribution is 5.95. The van der Waals surface area contributed by atoms with Gasteiger partial charge in [-0.3, -0.25) is 0 Å². The lowest BCUT2D eigenvalue weighted by molar-refractivity contribution is -0.138. The van der Waals surface area contributed by atoms with E-state index in [1.807, 2.05) is 13.8 Å². The zero-order valence-electron chi connectivity index (χ0n) is 16.8. The number of esters is 1. The van der Waals surface area contributed by atoms with E-state index >= 15 is 0 Å². The fourth-order valence-corrected chi connectivity index (χ4v) is 4.35. The molecule has 0 amide bonds. The Bertz CT molecular complexity index is 961. The monoisotopic (exact) mass is 377 g/mol. The minimum atomic E-state index is -0.305. The summed E-state index contributed by atoms with van der Waals surface area (Å²) in [5, 5.41) is 3.34. The van der Waals surface area contributed by atoms with Gasteiger partial charge in [0, 0.05) is 28.6 Å². The summed E-state index contributed by atoms with van der Waals surface area (Å²) in [6.45, 7) is 6.12. The number of carbonyl (C=O) groups is 1. The average molecular weight is 377 g/mol. The number of allylic oxidation sites excluding steroid dienone is 1. The minimum Gasteiger partial charge on any atom is -0.463 e. The molecular formula is C23H27N3O2. The molecule has 1 aliphatic heterocycles. The summed E-state index contributed by atoms with van der Waals surface area (Å²) in [5.74, 6) is 0.186. The first kappa shape index (κ1) is 18.5. The number of aryl methyl sites for hydroxylation is 2. The highest BCUT2D eigenvalue weighted by Gasteiger charge is 2.37. The van der Waals surface area contributed by atoms with Crippen LogP contribution < -0.4 is 11.1 Å². The van der Waals surface area contributed by atoms with E-state index < -0.39 is 0 Å². The highest BCUT2D eigenvalue weighted by atomic mass is 16.5. The molecule has 1 aromatic carbocycles. The van der Waals surface area contributed by atoms with Gasteiger partial charge in [-0.25, -0.2) is 9.78 Å². The maximum atomic E-state index is 12.9. The Kier molecular flexibility index (Phi) is 4.84. The molecule has 0 fully saturated rings. The number of nitrogens with zero attached hydrogens (tertiary/aromatic N) is 1. The van der Waals surface area contributed by atoms with E-state index in [4.69, 9.17) is 15.5 Å². The fourth-order valence-electron chi connectivity index (χ4n) is 4.35. The molecule has 2 aromatic rings. The largest absolute Gasteiger partial charge is 0.463 e. The van der Waals surface area contributed by atoms with Gasteiger partial charge in [0.15, 0.2) is 0 Å². The van der Waals surface area contributed by atoms with Gasteiger partial charge in [-0.15, -0.1) is 0 Å². The third kappa shape index (κ3) is 3.05. The zero-order chi connectivity index (χ0) is 19.8. The molecule has 0 bridgehead atoms. The molecule has 4 rings (SSSR count). The zero-order valence-corrected chi connectivity index (χ0v) is 16.8. The number of pyridine rings is 1. The van der Waals surface area contributed by atoms with Crippen LogP contribution in [0.25, 0.3) is 0 Å². The molecule has 0 saturated heterocycles. The second kappa shape index (κ2) is 7.30. The van der Waals surface area contributed by atoms with Crippen molar-refractivity contribution in [3.05, 3.63) is 63.5 Å². The number of nitrogens with two attached hydrogens (primary N) is 1. The number of aromatic nitrogens is 1. The van der Waals surface area contributed by atoms with Crippen molar-refractivity contribution in [2.75, 3.05) is 17.7 Å². The van der Waals surface area contributed by atoms with Crippen LogP contribution in [0.1, 0.15) is 60.6 Å². The third-order valence-electron chi connectivity index (χ3n) is 5.75. The van der Waals surface area contributed by atoms with Crippen molar-refractivity contribution < 1.29 is 9.53 Å². The molecule has 5 heteroatoms. The van der Waals surface area contributed by atoms with Crippen molar-refractivity contribution in [2.24, 2.45) is 0 Å². The van der Waals surface area contributed by atoms with E-state index in [1.165, 1.54) is 5.56 Å². The van der Waals surface area contributed by atoms with Crippen LogP contribution in [0, 0.1) is 6.92 Å². The lowest BCUT2D eigenvalue weighted by atomic mass is 9.79. The summed E-state index contributed by atoms with van der Waals surface area (Å²) in [6, 6.07) is 8.27. The van der Waals surface area contributed by atoms with Gasteiger partial charge in [0.1, 0.15) is 5.82 Å². The Hall–Kier alpha value is -2.82. The molecule has 1 aromatic heterocycles. The number of benzene rings is 1. The smallest absolute Gasteiger partial charge is 0.336 e. The molecule has 0 spiro atoms. The van der Waals surface area contributed by atoms with Crippen molar-refractivity contribution in [3.8, 4) is 0 Å². The third-order valence-corrected chi connectivity index (χ3v) is 5.75. The van der Waals surface area contributed by atoms with Gasteiger partial charge in [0.2, 0.25) is 0 Å². The number of nitrogen functional groups attached to an aromatic ring is 1. The van der Waals surface area contributed by atoms with Crippen molar-refractivity contribution in [1.82, 2.24) is 4.98 Å². The first-order chi connectivity index (χ1) is 13.5. The van der Waals surface area contributed by atoms with Crippen LogP contribution in [-0.4, -0.2) is 17.6 Å². The van der Waals surface area contributed by atoms with Crippen molar-refractivity contribution in [3.63, 3.8) is 0 Å². The topological polar surface area (TPSA) is 77.2 Å². The summed E-state index contributed by atoms with van der Waals surface area (Å²) in [6.07, 6.45) is 4.17. The standard InChI is InChI=1S/C23H27N3O2/c1-4-28-23(27)18-14(3)25-22-20(19(18)15-11-9-13(2)10-12-15)21(24)16-7-5-6-8-17(16)26-22/h9-12,19H,4-8H2,1-3H3,(H3,24,25,26)/t19-/m1/s1. The Morgan fingerprint density at radius 2 is 1.93 bits per heavy atom. The Morgan fingerprint density at radius 1 is 1.21 bits per heavy atom. The maximum Gasteiger partial charge on any atom is 0.336 e. The second-order valence-corrected chi connectivity index (χ2v) is 7.65. The van der Waals surface area contributed by atoms with Crippen LogP contribution in [0.3, 0.4) is 0 Å². The lowest BCUT2D eigenvalue weighted by Crippen LogP contribution is -2.27. The first-order valence-corrected chi connectivity index (χ1v) is 10.0. The van der Waals surface area contributed by atoms with E-state index in [1.54, 1.807) is 0 Å². The molecule has 5 nitrogen and oxygen atoms in total. The van der Waals surface area contributed by atoms with E-state index in [0.29, 0.717) is 12.2 Å². The summed E-state index contributed by atoms with van der Waals surface area (Å²) in [5.41, 5.74) is 14.2. The number of rotatable bonds is 3. The molecule has 3 N–H and O–H groups in total. The van der Waals surface area contributed by atoms with E-state index in [0.717, 1.165) is 65.3 Å². The van der Waals surface area contributed by atoms with Crippen molar-refractivity contribution in [2.45, 2.75) is 52.4 Å². The van der Waals surface area contributed by atoms with Gasteiger partial charge in [-0.2, -0.15) is 0 Å². The summed E-state index contributed by atoms with van der Waals surface area (Å²) in [4.78, 5) is 17.8. The Labute approximate surface area is 166 Å². The van der Waals surface area contributed by atoms with Crippen molar-refractivity contribution >= 4 is 17.5 Å². The Balaban J connectivity index is 1.95. The van der Waals surface area contributed by atoms with Gasteiger partial charge < -0.3 is 15.8 Å². The molecule has 2 heterocycles. The van der Waals surface area contributed by atoms with Gasteiger partial charge in [-0.1, -0.05) is 29.8 Å². The van der Waals surface area contributed by atoms with E-state index in [2.05, 4.69) is 36.5 Å². The number of nitrogens with one attached hydrogen (secondary N) is 1. The molecule has 146 valence electrons. The number of hydrogen-bond acceptors (Lipinski definition) is 5. The number of anilines is 2. The Morgan fingerprint density at radius 3 is 2.64 bits per heavy atom. The lowest BCUT2D eigenvalue weighted by Gasteiger charge is -2.33. The molecule has 28 heavy (non-hydrogen) atoms. The molecule has 0 saturated carbocycles. The van der Waals surface area contributed by atoms with Crippen molar-refractivity contribution in [1.29, 1.82) is 0 Å².